The third kappa shape index (κ3) is 3.44. The van der Waals surface area contributed by atoms with Gasteiger partial charge in [-0.25, -0.2) is 0 Å². The van der Waals surface area contributed by atoms with E-state index in [-0.39, 0.29) is 11.1 Å². The molecular formula is C14H20ClNO. The Hall–Kier alpha value is -0.570. The SMILES string of the molecule is CC1(C)CNC(C)(Cc2cccc(Cl)c2)OC1. The fourth-order valence-corrected chi connectivity index (χ4v) is 2.25. The average molecular weight is 254 g/mol. The maximum atomic E-state index is 5.99. The molecule has 2 nitrogen and oxygen atoms in total. The van der Waals surface area contributed by atoms with Gasteiger partial charge < -0.3 is 4.74 Å². The van der Waals surface area contributed by atoms with Crippen LogP contribution in [-0.2, 0) is 11.2 Å². The molecule has 1 atom stereocenters. The minimum atomic E-state index is -0.278. The number of hydrogen-bond donors (Lipinski definition) is 1. The quantitative estimate of drug-likeness (QED) is 0.874. The van der Waals surface area contributed by atoms with E-state index < -0.39 is 0 Å². The second-order valence-electron chi connectivity index (χ2n) is 5.84. The molecule has 1 aromatic carbocycles. The van der Waals surface area contributed by atoms with Gasteiger partial charge in [0.1, 0.15) is 5.72 Å². The molecule has 0 aromatic heterocycles. The summed E-state index contributed by atoms with van der Waals surface area (Å²) in [6.45, 7) is 8.28. The topological polar surface area (TPSA) is 21.3 Å². The van der Waals surface area contributed by atoms with Gasteiger partial charge in [-0.1, -0.05) is 37.6 Å². The molecule has 1 aromatic rings. The molecule has 0 aliphatic carbocycles. The Labute approximate surface area is 108 Å². The van der Waals surface area contributed by atoms with E-state index in [1.165, 1.54) is 5.56 Å². The lowest BCUT2D eigenvalue weighted by Gasteiger charge is -2.42. The maximum absolute atomic E-state index is 5.99. The monoisotopic (exact) mass is 253 g/mol. The average Bonchev–Trinajstić information content (AvgIpc) is 2.24. The van der Waals surface area contributed by atoms with Crippen molar-refractivity contribution >= 4 is 11.6 Å². The zero-order chi connectivity index (χ0) is 12.5. The van der Waals surface area contributed by atoms with Crippen LogP contribution in [0.2, 0.25) is 5.02 Å². The summed E-state index contributed by atoms with van der Waals surface area (Å²) in [5.41, 5.74) is 1.14. The molecule has 1 fully saturated rings. The number of hydrogen-bond acceptors (Lipinski definition) is 2. The van der Waals surface area contributed by atoms with Crippen LogP contribution in [0.15, 0.2) is 24.3 Å². The fraction of sp³-hybridized carbons (Fsp3) is 0.571. The Morgan fingerprint density at radius 3 is 2.71 bits per heavy atom. The molecule has 1 aliphatic rings. The lowest BCUT2D eigenvalue weighted by Crippen LogP contribution is -2.56. The predicted molar refractivity (Wildman–Crippen MR) is 71.3 cm³/mol. The van der Waals surface area contributed by atoms with Crippen LogP contribution >= 0.6 is 11.6 Å². The van der Waals surface area contributed by atoms with Crippen LogP contribution in [0.3, 0.4) is 0 Å². The molecule has 0 amide bonds. The van der Waals surface area contributed by atoms with Crippen molar-refractivity contribution in [2.24, 2.45) is 5.41 Å². The smallest absolute Gasteiger partial charge is 0.120 e. The van der Waals surface area contributed by atoms with Crippen LogP contribution in [0.5, 0.6) is 0 Å². The Kier molecular flexibility index (Phi) is 3.48. The van der Waals surface area contributed by atoms with E-state index in [1.54, 1.807) is 0 Å². The van der Waals surface area contributed by atoms with Crippen molar-refractivity contribution in [2.75, 3.05) is 13.2 Å². The Bertz CT molecular complexity index is 393. The first-order valence-corrected chi connectivity index (χ1v) is 6.40. The van der Waals surface area contributed by atoms with Crippen LogP contribution < -0.4 is 5.32 Å². The molecular weight excluding hydrogens is 234 g/mol. The Balaban J connectivity index is 2.04. The highest BCUT2D eigenvalue weighted by atomic mass is 35.5. The van der Waals surface area contributed by atoms with Gasteiger partial charge in [0.05, 0.1) is 6.61 Å². The van der Waals surface area contributed by atoms with Gasteiger partial charge in [0.15, 0.2) is 0 Å². The molecule has 1 saturated heterocycles. The van der Waals surface area contributed by atoms with E-state index in [0.717, 1.165) is 24.6 Å². The molecule has 0 spiro atoms. The van der Waals surface area contributed by atoms with Crippen LogP contribution in [-0.4, -0.2) is 18.9 Å². The number of ether oxygens (including phenoxy) is 1. The van der Waals surface area contributed by atoms with Crippen LogP contribution in [0.1, 0.15) is 26.3 Å². The molecule has 1 aliphatic heterocycles. The highest BCUT2D eigenvalue weighted by Crippen LogP contribution is 2.27. The summed E-state index contributed by atoms with van der Waals surface area (Å²) in [5, 5.41) is 4.27. The van der Waals surface area contributed by atoms with Crippen molar-refractivity contribution < 1.29 is 4.74 Å². The summed E-state index contributed by atoms with van der Waals surface area (Å²) in [5.74, 6) is 0. The molecule has 94 valence electrons. The second kappa shape index (κ2) is 4.60. The Morgan fingerprint density at radius 2 is 2.12 bits per heavy atom. The standard InChI is InChI=1S/C14H20ClNO/c1-13(2)9-16-14(3,17-10-13)8-11-5-4-6-12(15)7-11/h4-7,16H,8-10H2,1-3H3. The summed E-state index contributed by atoms with van der Waals surface area (Å²) < 4.78 is 5.97. The normalized spacial score (nSPS) is 28.0. The van der Waals surface area contributed by atoms with E-state index in [0.29, 0.717) is 0 Å². The highest BCUT2D eigenvalue weighted by molar-refractivity contribution is 6.30. The van der Waals surface area contributed by atoms with Gasteiger partial charge in [-0.2, -0.15) is 0 Å². The van der Waals surface area contributed by atoms with Gasteiger partial charge in [0.25, 0.3) is 0 Å². The number of halogens is 1. The molecule has 0 bridgehead atoms. The van der Waals surface area contributed by atoms with E-state index in [2.05, 4.69) is 32.2 Å². The van der Waals surface area contributed by atoms with Crippen LogP contribution in [0.25, 0.3) is 0 Å². The van der Waals surface area contributed by atoms with E-state index in [9.17, 15) is 0 Å². The van der Waals surface area contributed by atoms with Crippen LogP contribution in [0, 0.1) is 5.41 Å². The summed E-state index contributed by atoms with van der Waals surface area (Å²) in [4.78, 5) is 0. The van der Waals surface area contributed by atoms with Gasteiger partial charge in [0, 0.05) is 23.4 Å². The minimum Gasteiger partial charge on any atom is -0.360 e. The minimum absolute atomic E-state index is 0.216. The molecule has 0 radical (unpaired) electrons. The number of nitrogens with one attached hydrogen (secondary N) is 1. The van der Waals surface area contributed by atoms with Crippen molar-refractivity contribution in [1.29, 1.82) is 0 Å². The van der Waals surface area contributed by atoms with Gasteiger partial charge in [-0.15, -0.1) is 0 Å². The third-order valence-corrected chi connectivity index (χ3v) is 3.39. The lowest BCUT2D eigenvalue weighted by molar-refractivity contribution is -0.125. The third-order valence-electron chi connectivity index (χ3n) is 3.15. The molecule has 1 unspecified atom stereocenters. The van der Waals surface area contributed by atoms with Gasteiger partial charge in [0.2, 0.25) is 0 Å². The lowest BCUT2D eigenvalue weighted by atomic mass is 9.90. The van der Waals surface area contributed by atoms with Crippen molar-refractivity contribution in [1.82, 2.24) is 5.32 Å². The van der Waals surface area contributed by atoms with E-state index in [4.69, 9.17) is 16.3 Å². The Morgan fingerprint density at radius 1 is 1.35 bits per heavy atom. The van der Waals surface area contributed by atoms with Gasteiger partial charge in [-0.3, -0.25) is 5.32 Å². The number of rotatable bonds is 2. The summed E-state index contributed by atoms with van der Waals surface area (Å²) >= 11 is 5.99. The van der Waals surface area contributed by atoms with Crippen molar-refractivity contribution in [3.8, 4) is 0 Å². The summed E-state index contributed by atoms with van der Waals surface area (Å²) in [6.07, 6.45) is 0.837. The summed E-state index contributed by atoms with van der Waals surface area (Å²) in [6, 6.07) is 7.96. The molecule has 0 saturated carbocycles. The molecule has 1 heterocycles. The molecule has 17 heavy (non-hydrogen) atoms. The zero-order valence-corrected chi connectivity index (χ0v) is 11.5. The fourth-order valence-electron chi connectivity index (χ4n) is 2.03. The molecule has 1 N–H and O–H groups in total. The van der Waals surface area contributed by atoms with Crippen molar-refractivity contribution in [3.63, 3.8) is 0 Å². The molecule has 3 heteroatoms. The van der Waals surface area contributed by atoms with Gasteiger partial charge in [-0.05, 0) is 24.6 Å². The number of benzene rings is 1. The van der Waals surface area contributed by atoms with Crippen LogP contribution in [0.4, 0.5) is 0 Å². The van der Waals surface area contributed by atoms with E-state index in [1.807, 2.05) is 18.2 Å². The van der Waals surface area contributed by atoms with Crippen molar-refractivity contribution in [2.45, 2.75) is 32.9 Å². The van der Waals surface area contributed by atoms with Gasteiger partial charge >= 0.3 is 0 Å². The zero-order valence-electron chi connectivity index (χ0n) is 10.7. The van der Waals surface area contributed by atoms with Crippen molar-refractivity contribution in [3.05, 3.63) is 34.9 Å². The maximum Gasteiger partial charge on any atom is 0.120 e. The largest absolute Gasteiger partial charge is 0.360 e. The first-order chi connectivity index (χ1) is 7.89. The predicted octanol–water partition coefficient (Wildman–Crippen LogP) is 3.24. The first kappa shape index (κ1) is 12.9. The van der Waals surface area contributed by atoms with E-state index >= 15 is 0 Å². The summed E-state index contributed by atoms with van der Waals surface area (Å²) in [7, 11) is 0. The molecule has 2 rings (SSSR count). The first-order valence-electron chi connectivity index (χ1n) is 6.02. The second-order valence-corrected chi connectivity index (χ2v) is 6.28. The highest BCUT2D eigenvalue weighted by Gasteiger charge is 2.35.